The van der Waals surface area contributed by atoms with Crippen LogP contribution in [0.15, 0.2) is 33.5 Å². The van der Waals surface area contributed by atoms with Crippen molar-refractivity contribution in [3.05, 3.63) is 61.2 Å². The second-order valence-corrected chi connectivity index (χ2v) is 5.16. The van der Waals surface area contributed by atoms with Gasteiger partial charge in [-0.15, -0.1) is 0 Å². The van der Waals surface area contributed by atoms with E-state index >= 15 is 0 Å². The maximum Gasteiger partial charge on any atom is 0.265 e. The highest BCUT2D eigenvalue weighted by Gasteiger charge is 2.07. The lowest BCUT2D eigenvalue weighted by molar-refractivity contribution is 0.877. The monoisotopic (exact) mass is 326 g/mol. The largest absolute Gasteiger partial charge is 0.309 e. The molecule has 94 valence electrons. The van der Waals surface area contributed by atoms with Gasteiger partial charge >= 0.3 is 0 Å². The van der Waals surface area contributed by atoms with Gasteiger partial charge < -0.3 is 4.98 Å². The Balaban J connectivity index is 2.32. The molecular weight excluding hydrogens is 316 g/mol. The fourth-order valence-corrected chi connectivity index (χ4v) is 2.26. The minimum Gasteiger partial charge on any atom is -0.309 e. The quantitative estimate of drug-likeness (QED) is 0.940. The molecule has 1 heterocycles. The first-order valence-corrected chi connectivity index (χ1v) is 6.79. The van der Waals surface area contributed by atoms with Crippen molar-refractivity contribution in [3.63, 3.8) is 0 Å². The lowest BCUT2D eigenvalue weighted by Crippen LogP contribution is -2.15. The molecule has 0 radical (unpaired) electrons. The number of nitrogens with one attached hydrogen (secondary N) is 1. The summed E-state index contributed by atoms with van der Waals surface area (Å²) in [4.78, 5) is 18.9. The average Bonchev–Trinajstić information content (AvgIpc) is 2.36. The summed E-state index contributed by atoms with van der Waals surface area (Å²) in [5, 5.41) is 0.699. The Morgan fingerprint density at radius 3 is 2.61 bits per heavy atom. The molecule has 1 N–H and O–H groups in total. The Kier molecular flexibility index (Phi) is 4.19. The number of aryl methyl sites for hydroxylation is 1. The van der Waals surface area contributed by atoms with Gasteiger partial charge in [-0.3, -0.25) is 4.79 Å². The fourth-order valence-electron chi connectivity index (χ4n) is 1.67. The van der Waals surface area contributed by atoms with Crippen LogP contribution >= 0.6 is 27.5 Å². The molecule has 0 unspecified atom stereocenters. The lowest BCUT2D eigenvalue weighted by Gasteiger charge is -2.05. The molecule has 0 aliphatic heterocycles. The molecule has 1 aromatic carbocycles. The minimum absolute atomic E-state index is 0.134. The highest BCUT2D eigenvalue weighted by molar-refractivity contribution is 9.10. The molecule has 0 aliphatic carbocycles. The molecule has 5 heteroatoms. The van der Waals surface area contributed by atoms with E-state index in [2.05, 4.69) is 25.9 Å². The zero-order valence-electron chi connectivity index (χ0n) is 9.84. The van der Waals surface area contributed by atoms with Crippen LogP contribution in [0, 0.1) is 0 Å². The van der Waals surface area contributed by atoms with Crippen LogP contribution in [0.5, 0.6) is 0 Å². The molecule has 3 nitrogen and oxygen atoms in total. The topological polar surface area (TPSA) is 45.8 Å². The van der Waals surface area contributed by atoms with Gasteiger partial charge in [-0.05, 0) is 40.0 Å². The Labute approximate surface area is 118 Å². The third-order valence-corrected chi connectivity index (χ3v) is 3.67. The molecule has 2 rings (SSSR count). The van der Waals surface area contributed by atoms with Crippen LogP contribution in [0.3, 0.4) is 0 Å². The third kappa shape index (κ3) is 3.00. The van der Waals surface area contributed by atoms with E-state index in [0.29, 0.717) is 21.7 Å². The Bertz CT molecular complexity index is 607. The third-order valence-electron chi connectivity index (χ3n) is 2.60. The molecule has 0 atom stereocenters. The second kappa shape index (κ2) is 5.67. The van der Waals surface area contributed by atoms with Crippen molar-refractivity contribution >= 4 is 27.5 Å². The standard InChI is InChI=1S/C13H12BrClN2O/c1-2-10-12(14)13(18)17-11(16-10)7-8-3-5-9(15)6-4-8/h3-6H,2,7H2,1H3,(H,16,17,18). The number of aromatic nitrogens is 2. The van der Waals surface area contributed by atoms with Crippen molar-refractivity contribution in [2.45, 2.75) is 19.8 Å². The van der Waals surface area contributed by atoms with Gasteiger partial charge in [0.05, 0.1) is 5.69 Å². The van der Waals surface area contributed by atoms with Crippen molar-refractivity contribution < 1.29 is 0 Å². The number of hydrogen-bond donors (Lipinski definition) is 1. The molecular formula is C13H12BrClN2O. The number of benzene rings is 1. The maximum atomic E-state index is 11.7. The summed E-state index contributed by atoms with van der Waals surface area (Å²) in [6.07, 6.45) is 1.31. The van der Waals surface area contributed by atoms with Crippen LogP contribution in [0.25, 0.3) is 0 Å². The molecule has 0 saturated heterocycles. The van der Waals surface area contributed by atoms with E-state index in [4.69, 9.17) is 11.6 Å². The van der Waals surface area contributed by atoms with Gasteiger partial charge in [0.25, 0.3) is 5.56 Å². The Morgan fingerprint density at radius 2 is 2.00 bits per heavy atom. The minimum atomic E-state index is -0.134. The van der Waals surface area contributed by atoms with Gasteiger partial charge in [0.15, 0.2) is 0 Å². The molecule has 18 heavy (non-hydrogen) atoms. The fraction of sp³-hybridized carbons (Fsp3) is 0.231. The predicted octanol–water partition coefficient (Wildman–Crippen LogP) is 3.34. The smallest absolute Gasteiger partial charge is 0.265 e. The number of H-pyrrole nitrogens is 1. The molecule has 0 spiro atoms. The summed E-state index contributed by atoms with van der Waals surface area (Å²) >= 11 is 9.07. The van der Waals surface area contributed by atoms with E-state index in [-0.39, 0.29) is 5.56 Å². The molecule has 0 aliphatic rings. The number of rotatable bonds is 3. The van der Waals surface area contributed by atoms with Crippen molar-refractivity contribution in [1.82, 2.24) is 9.97 Å². The second-order valence-electron chi connectivity index (χ2n) is 3.93. The lowest BCUT2D eigenvalue weighted by atomic mass is 10.1. The van der Waals surface area contributed by atoms with Gasteiger partial charge in [-0.25, -0.2) is 4.98 Å². The van der Waals surface area contributed by atoms with E-state index in [1.165, 1.54) is 0 Å². The van der Waals surface area contributed by atoms with E-state index in [1.54, 1.807) is 0 Å². The number of aromatic amines is 1. The van der Waals surface area contributed by atoms with Crippen molar-refractivity contribution in [2.75, 3.05) is 0 Å². The van der Waals surface area contributed by atoms with Crippen LogP contribution in [-0.4, -0.2) is 9.97 Å². The summed E-state index contributed by atoms with van der Waals surface area (Å²) in [6, 6.07) is 7.51. The highest BCUT2D eigenvalue weighted by atomic mass is 79.9. The molecule has 0 fully saturated rings. The van der Waals surface area contributed by atoms with Crippen LogP contribution in [0.2, 0.25) is 5.02 Å². The summed E-state index contributed by atoms with van der Waals surface area (Å²) in [6.45, 7) is 1.97. The number of hydrogen-bond acceptors (Lipinski definition) is 2. The first kappa shape index (κ1) is 13.3. The van der Waals surface area contributed by atoms with E-state index in [0.717, 1.165) is 17.7 Å². The summed E-state index contributed by atoms with van der Waals surface area (Å²) in [5.74, 6) is 0.669. The first-order valence-electron chi connectivity index (χ1n) is 5.62. The normalized spacial score (nSPS) is 10.6. The average molecular weight is 328 g/mol. The van der Waals surface area contributed by atoms with E-state index in [9.17, 15) is 4.79 Å². The molecule has 1 aromatic heterocycles. The van der Waals surface area contributed by atoms with Crippen LogP contribution in [-0.2, 0) is 12.8 Å². The molecule has 0 saturated carbocycles. The summed E-state index contributed by atoms with van der Waals surface area (Å²) < 4.78 is 0.518. The number of halogens is 2. The van der Waals surface area contributed by atoms with Gasteiger partial charge in [0.2, 0.25) is 0 Å². The van der Waals surface area contributed by atoms with Gasteiger partial charge in [-0.1, -0.05) is 30.7 Å². The predicted molar refractivity (Wildman–Crippen MR) is 76.2 cm³/mol. The molecule has 2 aromatic rings. The van der Waals surface area contributed by atoms with Gasteiger partial charge in [-0.2, -0.15) is 0 Å². The Morgan fingerprint density at radius 1 is 1.33 bits per heavy atom. The van der Waals surface area contributed by atoms with Crippen molar-refractivity contribution in [3.8, 4) is 0 Å². The number of nitrogens with zero attached hydrogens (tertiary/aromatic N) is 1. The van der Waals surface area contributed by atoms with E-state index < -0.39 is 0 Å². The maximum absolute atomic E-state index is 11.7. The van der Waals surface area contributed by atoms with E-state index in [1.807, 2.05) is 31.2 Å². The zero-order valence-corrected chi connectivity index (χ0v) is 12.2. The van der Waals surface area contributed by atoms with Crippen molar-refractivity contribution in [1.29, 1.82) is 0 Å². The SMILES string of the molecule is CCc1nc(Cc2ccc(Cl)cc2)[nH]c(=O)c1Br. The zero-order chi connectivity index (χ0) is 13.1. The van der Waals surface area contributed by atoms with Crippen LogP contribution in [0.4, 0.5) is 0 Å². The van der Waals surface area contributed by atoms with Crippen LogP contribution in [0.1, 0.15) is 24.0 Å². The Hall–Kier alpha value is -1.13. The van der Waals surface area contributed by atoms with Gasteiger partial charge in [0, 0.05) is 11.4 Å². The first-order chi connectivity index (χ1) is 8.60. The summed E-state index contributed by atoms with van der Waals surface area (Å²) in [5.41, 5.74) is 1.71. The van der Waals surface area contributed by atoms with Gasteiger partial charge in [0.1, 0.15) is 10.3 Å². The van der Waals surface area contributed by atoms with Crippen LogP contribution < -0.4 is 5.56 Å². The van der Waals surface area contributed by atoms with Crippen molar-refractivity contribution in [2.24, 2.45) is 0 Å². The molecule has 0 bridgehead atoms. The highest BCUT2D eigenvalue weighted by Crippen LogP contribution is 2.13. The molecule has 0 amide bonds. The summed E-state index contributed by atoms with van der Waals surface area (Å²) in [7, 11) is 0.